The van der Waals surface area contributed by atoms with Crippen LogP contribution in [0.3, 0.4) is 0 Å². The molecule has 0 spiro atoms. The summed E-state index contributed by atoms with van der Waals surface area (Å²) in [6.07, 6.45) is 2.14. The minimum Gasteiger partial charge on any atom is -0.452 e. The molecule has 1 aliphatic rings. The van der Waals surface area contributed by atoms with Crippen molar-refractivity contribution in [3.05, 3.63) is 47.5 Å². The van der Waals surface area contributed by atoms with E-state index in [1.54, 1.807) is 0 Å². The Morgan fingerprint density at radius 2 is 1.84 bits per heavy atom. The Labute approximate surface area is 149 Å². The lowest BCUT2D eigenvalue weighted by Gasteiger charge is -2.32. The van der Waals surface area contributed by atoms with Gasteiger partial charge < -0.3 is 4.74 Å². The average molecular weight is 361 g/mol. The number of aryl methyl sites for hydroxylation is 2. The molecule has 0 amide bonds. The van der Waals surface area contributed by atoms with E-state index in [0.29, 0.717) is 29.3 Å². The molecule has 5 nitrogen and oxygen atoms in total. The summed E-state index contributed by atoms with van der Waals surface area (Å²) in [6.45, 7) is 5.91. The van der Waals surface area contributed by atoms with Crippen molar-refractivity contribution in [2.45, 2.75) is 40.0 Å². The molecular formula is C19H23NO4S. The highest BCUT2D eigenvalue weighted by Crippen LogP contribution is 2.49. The van der Waals surface area contributed by atoms with Crippen molar-refractivity contribution in [2.75, 3.05) is 10.8 Å². The van der Waals surface area contributed by atoms with E-state index >= 15 is 0 Å². The fourth-order valence-corrected chi connectivity index (χ4v) is 3.84. The molecule has 6 heteroatoms. The van der Waals surface area contributed by atoms with Crippen LogP contribution in [0, 0.1) is 0 Å². The molecule has 25 heavy (non-hydrogen) atoms. The molecule has 2 aromatic rings. The number of hydrogen-bond acceptors (Lipinski definition) is 5. The van der Waals surface area contributed by atoms with Crippen LogP contribution < -0.4 is 9.80 Å². The molecule has 0 N–H and O–H groups in total. The Kier molecular flexibility index (Phi) is 5.01. The standard InChI is InChI=1S/C19H23NO4S/c1-4-12-25(21,22)24-20-16-11-10-14(5-2)13-18(16)23-19-15(6-3)8-7-9-17(19)20/h7-11,13H,4-6,12H2,1-3H3. The normalized spacial score (nSPS) is 13.2. The summed E-state index contributed by atoms with van der Waals surface area (Å²) >= 11 is 0. The number of nitrogens with zero attached hydrogens (tertiary/aromatic N) is 1. The van der Waals surface area contributed by atoms with Crippen LogP contribution in [0.25, 0.3) is 0 Å². The monoisotopic (exact) mass is 361 g/mol. The van der Waals surface area contributed by atoms with E-state index in [9.17, 15) is 8.42 Å². The highest BCUT2D eigenvalue weighted by Gasteiger charge is 2.30. The van der Waals surface area contributed by atoms with Gasteiger partial charge in [0.15, 0.2) is 11.5 Å². The van der Waals surface area contributed by atoms with Crippen LogP contribution >= 0.6 is 0 Å². The second kappa shape index (κ2) is 7.06. The number of ether oxygens (including phenoxy) is 1. The third-order valence-corrected chi connectivity index (χ3v) is 5.47. The number of fused-ring (bicyclic) bond motifs is 2. The number of para-hydroxylation sites is 1. The highest BCUT2D eigenvalue weighted by atomic mass is 32.2. The van der Waals surface area contributed by atoms with Crippen LogP contribution in [-0.4, -0.2) is 14.2 Å². The summed E-state index contributed by atoms with van der Waals surface area (Å²) in [5.74, 6) is 1.23. The van der Waals surface area contributed by atoms with Gasteiger partial charge in [-0.2, -0.15) is 13.5 Å². The molecular weight excluding hydrogens is 338 g/mol. The molecule has 0 atom stereocenters. The highest BCUT2D eigenvalue weighted by molar-refractivity contribution is 7.86. The first-order valence-electron chi connectivity index (χ1n) is 8.64. The van der Waals surface area contributed by atoms with Gasteiger partial charge in [-0.3, -0.25) is 0 Å². The van der Waals surface area contributed by atoms with Crippen molar-refractivity contribution in [2.24, 2.45) is 0 Å². The zero-order valence-corrected chi connectivity index (χ0v) is 15.6. The first-order chi connectivity index (χ1) is 12.0. The number of benzene rings is 2. The fraction of sp³-hybridized carbons (Fsp3) is 0.368. The minimum absolute atomic E-state index is 0.0322. The maximum atomic E-state index is 12.3. The lowest BCUT2D eigenvalue weighted by atomic mass is 10.1. The first kappa shape index (κ1) is 17.8. The maximum Gasteiger partial charge on any atom is 0.288 e. The van der Waals surface area contributed by atoms with Crippen molar-refractivity contribution in [1.82, 2.24) is 0 Å². The topological polar surface area (TPSA) is 55.8 Å². The largest absolute Gasteiger partial charge is 0.452 e. The molecule has 2 aromatic carbocycles. The molecule has 0 bridgehead atoms. The van der Waals surface area contributed by atoms with Gasteiger partial charge >= 0.3 is 0 Å². The smallest absolute Gasteiger partial charge is 0.288 e. The zero-order chi connectivity index (χ0) is 18.0. The van der Waals surface area contributed by atoms with E-state index in [-0.39, 0.29) is 5.75 Å². The van der Waals surface area contributed by atoms with Gasteiger partial charge in [-0.1, -0.05) is 39.0 Å². The van der Waals surface area contributed by atoms with E-state index in [2.05, 4.69) is 6.92 Å². The van der Waals surface area contributed by atoms with E-state index in [1.165, 1.54) is 5.06 Å². The Morgan fingerprint density at radius 3 is 2.52 bits per heavy atom. The fourth-order valence-electron chi connectivity index (χ4n) is 2.88. The number of rotatable bonds is 6. The Bertz CT molecular complexity index is 877. The van der Waals surface area contributed by atoms with Crippen LogP contribution in [0.5, 0.6) is 11.5 Å². The van der Waals surface area contributed by atoms with E-state index in [1.807, 2.05) is 50.2 Å². The Balaban J connectivity index is 2.14. The van der Waals surface area contributed by atoms with Crippen LogP contribution in [0.1, 0.15) is 38.3 Å². The van der Waals surface area contributed by atoms with Crippen LogP contribution in [0.15, 0.2) is 36.4 Å². The number of anilines is 2. The predicted octanol–water partition coefficient (Wildman–Crippen LogP) is 4.73. The molecule has 0 aliphatic carbocycles. The maximum absolute atomic E-state index is 12.3. The average Bonchev–Trinajstić information content (AvgIpc) is 2.60. The molecule has 0 aromatic heterocycles. The van der Waals surface area contributed by atoms with Crippen molar-refractivity contribution >= 4 is 21.5 Å². The summed E-state index contributed by atoms with van der Waals surface area (Å²) in [5.41, 5.74) is 3.33. The second-order valence-corrected chi connectivity index (χ2v) is 7.68. The molecule has 0 unspecified atom stereocenters. The molecule has 1 heterocycles. The van der Waals surface area contributed by atoms with Crippen molar-refractivity contribution in [3.8, 4) is 11.5 Å². The first-order valence-corrected chi connectivity index (χ1v) is 10.2. The second-order valence-electron chi connectivity index (χ2n) is 6.01. The van der Waals surface area contributed by atoms with Gasteiger partial charge in [0.25, 0.3) is 10.1 Å². The lowest BCUT2D eigenvalue weighted by molar-refractivity contribution is 0.307. The molecule has 134 valence electrons. The van der Waals surface area contributed by atoms with Gasteiger partial charge in [-0.25, -0.2) is 0 Å². The minimum atomic E-state index is -3.68. The molecule has 3 rings (SSSR count). The summed E-state index contributed by atoms with van der Waals surface area (Å²) < 4.78 is 36.2. The van der Waals surface area contributed by atoms with Crippen molar-refractivity contribution in [3.63, 3.8) is 0 Å². The molecule has 0 saturated heterocycles. The van der Waals surface area contributed by atoms with E-state index in [0.717, 1.165) is 24.0 Å². The molecule has 0 radical (unpaired) electrons. The van der Waals surface area contributed by atoms with Gasteiger partial charge in [0, 0.05) is 0 Å². The summed E-state index contributed by atoms with van der Waals surface area (Å²) in [4.78, 5) is 0. The molecule has 1 aliphatic heterocycles. The van der Waals surface area contributed by atoms with Gasteiger partial charge in [0.1, 0.15) is 11.4 Å². The molecule has 0 fully saturated rings. The van der Waals surface area contributed by atoms with Crippen LogP contribution in [0.2, 0.25) is 0 Å². The number of hydrogen-bond donors (Lipinski definition) is 0. The Hall–Kier alpha value is -2.05. The van der Waals surface area contributed by atoms with Crippen molar-refractivity contribution in [1.29, 1.82) is 0 Å². The van der Waals surface area contributed by atoms with E-state index in [4.69, 9.17) is 9.02 Å². The lowest BCUT2D eigenvalue weighted by Crippen LogP contribution is -2.27. The predicted molar refractivity (Wildman–Crippen MR) is 99.0 cm³/mol. The van der Waals surface area contributed by atoms with Gasteiger partial charge in [0.05, 0.1) is 5.75 Å². The van der Waals surface area contributed by atoms with Gasteiger partial charge in [0.2, 0.25) is 0 Å². The van der Waals surface area contributed by atoms with Gasteiger partial charge in [-0.15, -0.1) is 4.28 Å². The quantitative estimate of drug-likeness (QED) is 0.745. The van der Waals surface area contributed by atoms with Gasteiger partial charge in [-0.05, 0) is 48.6 Å². The summed E-state index contributed by atoms with van der Waals surface area (Å²) in [6, 6.07) is 11.4. The Morgan fingerprint density at radius 1 is 1.04 bits per heavy atom. The van der Waals surface area contributed by atoms with Crippen molar-refractivity contribution < 1.29 is 17.4 Å². The third kappa shape index (κ3) is 3.50. The third-order valence-electron chi connectivity index (χ3n) is 4.18. The van der Waals surface area contributed by atoms with E-state index < -0.39 is 10.1 Å². The molecule has 0 saturated carbocycles. The summed E-state index contributed by atoms with van der Waals surface area (Å²) in [7, 11) is -3.68. The SMILES string of the molecule is CCCS(=O)(=O)ON1c2ccc(CC)cc2Oc2c(CC)cccc21. The van der Waals surface area contributed by atoms with Crippen LogP contribution in [-0.2, 0) is 27.2 Å². The zero-order valence-electron chi connectivity index (χ0n) is 14.8. The van der Waals surface area contributed by atoms with Crippen LogP contribution in [0.4, 0.5) is 11.4 Å². The summed E-state index contributed by atoms with van der Waals surface area (Å²) in [5, 5.41) is 1.39.